The van der Waals surface area contributed by atoms with E-state index in [0.29, 0.717) is 30.3 Å². The standard InChI is InChI=1S/C20H24ClN3O3S/c21-16-5-3-15(4-6-16)20(26)22-8-7-19(25)23-14-17(18-2-1-13-28-18)24-9-11-27-12-10-24/h1-6,13,17H,7-12,14H2,(H,22,26)(H,23,25)/t17-/m1/s1. The lowest BCUT2D eigenvalue weighted by Crippen LogP contribution is -2.43. The van der Waals surface area contributed by atoms with Crippen LogP contribution >= 0.6 is 22.9 Å². The minimum atomic E-state index is -0.214. The molecule has 2 amide bonds. The number of halogens is 1. The van der Waals surface area contributed by atoms with Gasteiger partial charge in [0.15, 0.2) is 0 Å². The minimum absolute atomic E-state index is 0.0776. The molecule has 1 saturated heterocycles. The van der Waals surface area contributed by atoms with Crippen molar-refractivity contribution in [1.29, 1.82) is 0 Å². The first-order chi connectivity index (χ1) is 13.6. The molecule has 1 aliphatic rings. The smallest absolute Gasteiger partial charge is 0.251 e. The Bertz CT molecular complexity index is 762. The van der Waals surface area contributed by atoms with Gasteiger partial charge in [-0.3, -0.25) is 14.5 Å². The third-order valence-electron chi connectivity index (χ3n) is 4.59. The van der Waals surface area contributed by atoms with Gasteiger partial charge in [0.1, 0.15) is 0 Å². The van der Waals surface area contributed by atoms with Gasteiger partial charge in [-0.15, -0.1) is 11.3 Å². The van der Waals surface area contributed by atoms with Crippen LogP contribution in [0.15, 0.2) is 41.8 Å². The van der Waals surface area contributed by atoms with Crippen LogP contribution in [0.2, 0.25) is 5.02 Å². The molecule has 1 aromatic heterocycles. The maximum atomic E-state index is 12.2. The number of rotatable bonds is 8. The van der Waals surface area contributed by atoms with Gasteiger partial charge in [-0.25, -0.2) is 0 Å². The molecular formula is C20H24ClN3O3S. The number of nitrogens with one attached hydrogen (secondary N) is 2. The maximum Gasteiger partial charge on any atom is 0.251 e. The van der Waals surface area contributed by atoms with Gasteiger partial charge in [-0.1, -0.05) is 17.7 Å². The summed E-state index contributed by atoms with van der Waals surface area (Å²) in [7, 11) is 0. The van der Waals surface area contributed by atoms with E-state index in [0.717, 1.165) is 13.1 Å². The van der Waals surface area contributed by atoms with E-state index in [1.54, 1.807) is 35.6 Å². The van der Waals surface area contributed by atoms with E-state index in [9.17, 15) is 9.59 Å². The molecule has 0 aliphatic carbocycles. The summed E-state index contributed by atoms with van der Waals surface area (Å²) in [6.45, 7) is 3.98. The Morgan fingerprint density at radius 1 is 1.14 bits per heavy atom. The number of benzene rings is 1. The molecule has 0 saturated carbocycles. The molecule has 150 valence electrons. The molecule has 2 heterocycles. The predicted octanol–water partition coefficient (Wildman–Crippen LogP) is 2.71. The molecule has 1 atom stereocenters. The van der Waals surface area contributed by atoms with Crippen molar-refractivity contribution in [3.8, 4) is 0 Å². The van der Waals surface area contributed by atoms with Crippen LogP contribution in [0.4, 0.5) is 0 Å². The van der Waals surface area contributed by atoms with E-state index in [1.165, 1.54) is 4.88 Å². The quantitative estimate of drug-likeness (QED) is 0.687. The van der Waals surface area contributed by atoms with E-state index in [2.05, 4.69) is 27.0 Å². The fourth-order valence-electron chi connectivity index (χ4n) is 3.07. The third-order valence-corrected chi connectivity index (χ3v) is 5.82. The average Bonchev–Trinajstić information content (AvgIpc) is 3.24. The number of morpholine rings is 1. The lowest BCUT2D eigenvalue weighted by Gasteiger charge is -2.34. The average molecular weight is 422 g/mol. The van der Waals surface area contributed by atoms with Gasteiger partial charge in [0, 0.05) is 48.1 Å². The highest BCUT2D eigenvalue weighted by Crippen LogP contribution is 2.25. The molecular weight excluding hydrogens is 398 g/mol. The van der Waals surface area contributed by atoms with Crippen molar-refractivity contribution in [2.24, 2.45) is 0 Å². The predicted molar refractivity (Wildman–Crippen MR) is 111 cm³/mol. The first-order valence-electron chi connectivity index (χ1n) is 9.29. The van der Waals surface area contributed by atoms with E-state index in [-0.39, 0.29) is 30.8 Å². The van der Waals surface area contributed by atoms with Crippen molar-refractivity contribution in [1.82, 2.24) is 15.5 Å². The fraction of sp³-hybridized carbons (Fsp3) is 0.400. The highest BCUT2D eigenvalue weighted by atomic mass is 35.5. The summed E-state index contributed by atoms with van der Waals surface area (Å²) < 4.78 is 5.44. The molecule has 1 aromatic carbocycles. The summed E-state index contributed by atoms with van der Waals surface area (Å²) in [5, 5.41) is 8.40. The first kappa shape index (κ1) is 20.8. The molecule has 1 aliphatic heterocycles. The van der Waals surface area contributed by atoms with Crippen LogP contribution in [0.1, 0.15) is 27.7 Å². The van der Waals surface area contributed by atoms with Crippen LogP contribution in [0.3, 0.4) is 0 Å². The number of carbonyl (C=O) groups excluding carboxylic acids is 2. The van der Waals surface area contributed by atoms with Crippen molar-refractivity contribution in [2.45, 2.75) is 12.5 Å². The fourth-order valence-corrected chi connectivity index (χ4v) is 4.06. The molecule has 0 radical (unpaired) electrons. The summed E-state index contributed by atoms with van der Waals surface area (Å²) >= 11 is 7.52. The Morgan fingerprint density at radius 2 is 1.89 bits per heavy atom. The Hall–Kier alpha value is -1.93. The molecule has 2 aromatic rings. The van der Waals surface area contributed by atoms with Crippen LogP contribution in [-0.4, -0.2) is 56.1 Å². The third kappa shape index (κ3) is 6.04. The molecule has 1 fully saturated rings. The van der Waals surface area contributed by atoms with Gasteiger partial charge in [-0.2, -0.15) is 0 Å². The van der Waals surface area contributed by atoms with Crippen LogP contribution < -0.4 is 10.6 Å². The summed E-state index contributed by atoms with van der Waals surface area (Å²) in [6.07, 6.45) is 0.236. The molecule has 8 heteroatoms. The van der Waals surface area contributed by atoms with Crippen molar-refractivity contribution in [2.75, 3.05) is 39.4 Å². The van der Waals surface area contributed by atoms with E-state index < -0.39 is 0 Å². The van der Waals surface area contributed by atoms with Gasteiger partial charge in [0.2, 0.25) is 5.91 Å². The Kier molecular flexibility index (Phi) is 7.85. The number of carbonyl (C=O) groups is 2. The number of ether oxygens (including phenoxy) is 1. The van der Waals surface area contributed by atoms with Crippen molar-refractivity contribution in [3.05, 3.63) is 57.2 Å². The second-order valence-electron chi connectivity index (χ2n) is 6.50. The second-order valence-corrected chi connectivity index (χ2v) is 7.91. The van der Waals surface area contributed by atoms with Crippen molar-refractivity contribution in [3.63, 3.8) is 0 Å². The number of thiophene rings is 1. The van der Waals surface area contributed by atoms with Crippen LogP contribution in [0, 0.1) is 0 Å². The number of hydrogen-bond acceptors (Lipinski definition) is 5. The molecule has 6 nitrogen and oxygen atoms in total. The molecule has 0 unspecified atom stereocenters. The van der Waals surface area contributed by atoms with Gasteiger partial charge in [0.25, 0.3) is 5.91 Å². The highest BCUT2D eigenvalue weighted by Gasteiger charge is 2.23. The van der Waals surface area contributed by atoms with Crippen LogP contribution in [-0.2, 0) is 9.53 Å². The summed E-state index contributed by atoms with van der Waals surface area (Å²) in [5.41, 5.74) is 0.523. The summed E-state index contributed by atoms with van der Waals surface area (Å²) in [4.78, 5) is 27.9. The minimum Gasteiger partial charge on any atom is -0.379 e. The zero-order valence-corrected chi connectivity index (χ0v) is 17.1. The largest absolute Gasteiger partial charge is 0.379 e. The maximum absolute atomic E-state index is 12.2. The second kappa shape index (κ2) is 10.6. The Balaban J connectivity index is 1.44. The van der Waals surface area contributed by atoms with Gasteiger partial charge >= 0.3 is 0 Å². The zero-order valence-electron chi connectivity index (χ0n) is 15.5. The summed E-state index contributed by atoms with van der Waals surface area (Å²) in [5.74, 6) is -0.291. The normalized spacial score (nSPS) is 15.8. The topological polar surface area (TPSA) is 70.7 Å². The summed E-state index contributed by atoms with van der Waals surface area (Å²) in [6, 6.07) is 10.9. The molecule has 28 heavy (non-hydrogen) atoms. The van der Waals surface area contributed by atoms with Gasteiger partial charge in [-0.05, 0) is 35.7 Å². The van der Waals surface area contributed by atoms with Gasteiger partial charge in [0.05, 0.1) is 19.3 Å². The zero-order chi connectivity index (χ0) is 19.8. The van der Waals surface area contributed by atoms with Crippen LogP contribution in [0.5, 0.6) is 0 Å². The molecule has 2 N–H and O–H groups in total. The van der Waals surface area contributed by atoms with E-state index in [1.807, 2.05) is 6.07 Å². The van der Waals surface area contributed by atoms with E-state index >= 15 is 0 Å². The highest BCUT2D eigenvalue weighted by molar-refractivity contribution is 7.10. The lowest BCUT2D eigenvalue weighted by molar-refractivity contribution is -0.121. The molecule has 0 bridgehead atoms. The van der Waals surface area contributed by atoms with Crippen molar-refractivity contribution >= 4 is 34.8 Å². The number of nitrogens with zero attached hydrogens (tertiary/aromatic N) is 1. The first-order valence-corrected chi connectivity index (χ1v) is 10.5. The molecule has 3 rings (SSSR count). The Labute approximate surface area is 173 Å². The van der Waals surface area contributed by atoms with Crippen LogP contribution in [0.25, 0.3) is 0 Å². The lowest BCUT2D eigenvalue weighted by atomic mass is 10.2. The van der Waals surface area contributed by atoms with E-state index in [4.69, 9.17) is 16.3 Å². The molecule has 0 spiro atoms. The monoisotopic (exact) mass is 421 g/mol. The Morgan fingerprint density at radius 3 is 2.57 bits per heavy atom. The number of hydrogen-bond donors (Lipinski definition) is 2. The van der Waals surface area contributed by atoms with Crippen molar-refractivity contribution < 1.29 is 14.3 Å². The SMILES string of the molecule is O=C(CCNC(=O)c1ccc(Cl)cc1)NC[C@H](c1cccs1)N1CCOCC1. The number of amides is 2. The van der Waals surface area contributed by atoms with Gasteiger partial charge < -0.3 is 15.4 Å².